The maximum absolute atomic E-state index is 11.2. The molecule has 0 spiro atoms. The molecule has 6 aromatic rings. The fraction of sp³-hybridized carbons (Fsp3) is 0.400. The monoisotopic (exact) mass is 906 g/mol. The second-order valence-corrected chi connectivity index (χ2v) is 22.2. The summed E-state index contributed by atoms with van der Waals surface area (Å²) >= 11 is -0.826. The fourth-order valence-electron chi connectivity index (χ4n) is 7.07. The van der Waals surface area contributed by atoms with Crippen LogP contribution in [-0.4, -0.2) is 15.7 Å². The molecule has 6 aromatic carbocycles. The summed E-state index contributed by atoms with van der Waals surface area (Å²) in [6.45, 7) is 20.1. The van der Waals surface area contributed by atoms with Gasteiger partial charge in [0, 0.05) is 15.9 Å². The number of aryl methyl sites for hydroxylation is 2. The average molecular weight is 909 g/mol. The third kappa shape index (κ3) is 17.4. The molecule has 0 unspecified atom stereocenters. The number of hydrogen-bond acceptors (Lipinski definition) is 0. The molecule has 2 radical (unpaired) electrons. The van der Waals surface area contributed by atoms with Gasteiger partial charge >= 0.3 is 44.1 Å². The molecule has 0 heterocycles. The Bertz CT molecular complexity index is 1900. The predicted octanol–water partition coefficient (Wildman–Crippen LogP) is 17.0. The van der Waals surface area contributed by atoms with Gasteiger partial charge in [0.25, 0.3) is 0 Å². The topological polar surface area (TPSA) is 0 Å². The molecule has 0 aliphatic carbocycles. The average Bonchev–Trinajstić information content (AvgIpc) is 3.73. The number of halogens is 5. The Labute approximate surface area is 363 Å². The summed E-state index contributed by atoms with van der Waals surface area (Å²) < 4.78 is 33.7. The van der Waals surface area contributed by atoms with Gasteiger partial charge in [0.1, 0.15) is 0 Å². The zero-order valence-electron chi connectivity index (χ0n) is 35.4. The van der Waals surface area contributed by atoms with Gasteiger partial charge in [0.15, 0.2) is 0 Å². The molecule has 0 aliphatic rings. The van der Waals surface area contributed by atoms with E-state index in [0.29, 0.717) is 20.3 Å². The van der Waals surface area contributed by atoms with Gasteiger partial charge < -0.3 is 0 Å². The van der Waals surface area contributed by atoms with Crippen molar-refractivity contribution in [3.63, 3.8) is 0 Å². The summed E-state index contributed by atoms with van der Waals surface area (Å²) in [7, 11) is 10.3. The van der Waals surface area contributed by atoms with E-state index in [9.17, 15) is 13.2 Å². The molecule has 0 bridgehead atoms. The maximum atomic E-state index is 11.2. The Morgan fingerprint density at radius 1 is 0.596 bits per heavy atom. The molecule has 0 nitrogen and oxygen atoms in total. The number of rotatable bonds is 10. The second kappa shape index (κ2) is 23.4. The first-order valence-electron chi connectivity index (χ1n) is 20.1. The molecule has 0 fully saturated rings. The quantitative estimate of drug-likeness (QED) is 0.0949. The first kappa shape index (κ1) is 48.9. The van der Waals surface area contributed by atoms with Crippen LogP contribution in [0.1, 0.15) is 96.9 Å². The van der Waals surface area contributed by atoms with Gasteiger partial charge in [0.2, 0.25) is 0 Å². The molecule has 0 N–H and O–H groups in total. The predicted molar refractivity (Wildman–Crippen MR) is 243 cm³/mol. The van der Waals surface area contributed by atoms with E-state index in [0.717, 1.165) is 25.7 Å². The van der Waals surface area contributed by atoms with Crippen LogP contribution in [-0.2, 0) is 46.5 Å². The van der Waals surface area contributed by atoms with E-state index >= 15 is 0 Å². The van der Waals surface area contributed by atoms with Crippen molar-refractivity contribution in [2.24, 2.45) is 10.8 Å². The first-order chi connectivity index (χ1) is 26.9. The van der Waals surface area contributed by atoms with Crippen LogP contribution in [0.4, 0.5) is 13.2 Å². The van der Waals surface area contributed by atoms with E-state index in [2.05, 4.69) is 165 Å². The van der Waals surface area contributed by atoms with Crippen molar-refractivity contribution >= 4 is 48.1 Å². The summed E-state index contributed by atoms with van der Waals surface area (Å²) in [4.78, 5) is 0. The Morgan fingerprint density at radius 3 is 1.25 bits per heavy atom. The molecule has 6 rings (SSSR count). The molecule has 0 saturated carbocycles. The molecule has 57 heavy (non-hydrogen) atoms. The Balaban J connectivity index is 0.000000243. The van der Waals surface area contributed by atoms with E-state index in [1.807, 2.05) is 0 Å². The van der Waals surface area contributed by atoms with E-state index in [1.54, 1.807) is 6.55 Å². The van der Waals surface area contributed by atoms with E-state index < -0.39 is 33.4 Å². The molecular weight excluding hydrogens is 848 g/mol. The number of alkyl halides is 3. The zero-order chi connectivity index (χ0) is 42.2. The van der Waals surface area contributed by atoms with Crippen molar-refractivity contribution in [3.8, 4) is 22.3 Å². The van der Waals surface area contributed by atoms with Crippen LogP contribution >= 0.6 is 17.0 Å². The van der Waals surface area contributed by atoms with Crippen molar-refractivity contribution in [2.45, 2.75) is 119 Å². The fourth-order valence-corrected chi connectivity index (χ4v) is 7.61. The van der Waals surface area contributed by atoms with Gasteiger partial charge in [-0.3, -0.25) is 0 Å². The number of hydrogen-bond donors (Lipinski definition) is 0. The number of fused-ring (bicyclic) bond motifs is 2. The first-order valence-corrected chi connectivity index (χ1v) is 28.2. The minimum atomic E-state index is -3.94. The molecule has 0 aromatic heterocycles. The Morgan fingerprint density at radius 2 is 0.965 bits per heavy atom. The van der Waals surface area contributed by atoms with E-state index in [4.69, 9.17) is 17.0 Å². The van der Waals surface area contributed by atoms with Crippen LogP contribution in [0.15, 0.2) is 109 Å². The summed E-state index contributed by atoms with van der Waals surface area (Å²) in [6, 6.07) is 41.3. The van der Waals surface area contributed by atoms with Gasteiger partial charge in [-0.25, -0.2) is 0 Å². The minimum absolute atomic E-state index is 0.281. The molecule has 0 amide bonds. The van der Waals surface area contributed by atoms with E-state index in [-0.39, 0.29) is 6.04 Å². The molecule has 0 atom stereocenters. The molecule has 7 heteroatoms. The third-order valence-electron chi connectivity index (χ3n) is 9.36. The van der Waals surface area contributed by atoms with Crippen molar-refractivity contribution in [1.82, 2.24) is 0 Å². The standard InChI is InChI=1S/2C23H27.C4H7F3Si.2ClH.Zr/c2*1-5-7-17-10-12-19(13-11-17)21-9-6-8-20-14-18(15-22(20)21)16-23(2,3)4;1-8-3-2-4(5,6)7;;;/h2*6,8-15H,5,7,16H2,1-4H3;2-3H2,1H3;2*1H;/q2*-1;;;;+4/p-2. The molecule has 0 aliphatic heterocycles. The Kier molecular flexibility index (Phi) is 20.1. The van der Waals surface area contributed by atoms with Crippen LogP contribution in [0.3, 0.4) is 0 Å². The van der Waals surface area contributed by atoms with Crippen molar-refractivity contribution < 1.29 is 34.0 Å². The molecular formula is C50H61Cl2F3SiZr. The van der Waals surface area contributed by atoms with Crippen LogP contribution in [0.2, 0.25) is 12.6 Å². The van der Waals surface area contributed by atoms with Gasteiger partial charge in [-0.05, 0) is 58.8 Å². The summed E-state index contributed by atoms with van der Waals surface area (Å²) in [5.41, 5.74) is 11.8. The number of benzene rings is 4. The van der Waals surface area contributed by atoms with Crippen LogP contribution < -0.4 is 0 Å². The van der Waals surface area contributed by atoms with Gasteiger partial charge in [-0.15, -0.1) is 69.1 Å². The van der Waals surface area contributed by atoms with Crippen molar-refractivity contribution in [2.75, 3.05) is 0 Å². The summed E-state index contributed by atoms with van der Waals surface area (Å²) in [6.07, 6.45) is 2.41. The van der Waals surface area contributed by atoms with Crippen molar-refractivity contribution in [3.05, 3.63) is 131 Å². The van der Waals surface area contributed by atoms with Crippen LogP contribution in [0.25, 0.3) is 43.8 Å². The van der Waals surface area contributed by atoms with Crippen LogP contribution in [0, 0.1) is 10.8 Å². The van der Waals surface area contributed by atoms with Crippen LogP contribution in [0.5, 0.6) is 0 Å². The van der Waals surface area contributed by atoms with Gasteiger partial charge in [-0.2, -0.15) is 25.3 Å². The SMILES string of the molecule is CCCc1ccc(-c2cccc3[cH-]c(CC(C)(C)C)cc23)cc1.CCCc1ccc(-c2cccc3[cH-]c(CC(C)(C)C)cc23)cc1.C[Si]CCC(F)(F)F.[Cl][Zr+2][Cl]. The van der Waals surface area contributed by atoms with Gasteiger partial charge in [0.05, 0.1) is 0 Å². The third-order valence-corrected chi connectivity index (χ3v) is 10.1. The van der Waals surface area contributed by atoms with E-state index in [1.165, 1.54) is 78.9 Å². The molecule has 304 valence electrons. The second-order valence-electron chi connectivity index (χ2n) is 17.3. The Hall–Kier alpha value is -2.43. The summed E-state index contributed by atoms with van der Waals surface area (Å²) in [5.74, 6) is 0. The zero-order valence-corrected chi connectivity index (χ0v) is 40.4. The normalized spacial score (nSPS) is 11.5. The summed E-state index contributed by atoms with van der Waals surface area (Å²) in [5, 5.41) is 5.49. The molecule has 0 saturated heterocycles. The van der Waals surface area contributed by atoms with Gasteiger partial charge in [-0.1, -0.05) is 153 Å². The van der Waals surface area contributed by atoms with Crippen molar-refractivity contribution in [1.29, 1.82) is 0 Å².